The molecule has 0 bridgehead atoms. The zero-order valence-electron chi connectivity index (χ0n) is 47.1. The molecule has 10 aromatic rings. The first-order valence-electron chi connectivity index (χ1n) is 28.7. The quantitative estimate of drug-likeness (QED) is 0.0668. The minimum absolute atomic E-state index is 0.762. The van der Waals surface area contributed by atoms with Gasteiger partial charge in [0.25, 0.3) is 0 Å². The summed E-state index contributed by atoms with van der Waals surface area (Å²) in [4.78, 5) is 0. The van der Waals surface area contributed by atoms with Crippen molar-refractivity contribution in [3.05, 3.63) is 406 Å². The summed E-state index contributed by atoms with van der Waals surface area (Å²) in [6, 6.07) is 93.4. The second-order valence-electron chi connectivity index (χ2n) is 21.1. The molecule has 396 valence electrons. The van der Waals surface area contributed by atoms with Gasteiger partial charge in [-0.1, -0.05) is 292 Å². The maximum Gasteiger partial charge on any atom is 0.0726 e. The third kappa shape index (κ3) is 10.5. The largest absolute Gasteiger partial charge is 0.0990 e. The zero-order valence-corrected chi connectivity index (χ0v) is 47.1. The zero-order chi connectivity index (χ0) is 56.5. The van der Waals surface area contributed by atoms with Gasteiger partial charge in [0.15, 0.2) is 0 Å². The molecular formula is C83H64. The van der Waals surface area contributed by atoms with Crippen molar-refractivity contribution in [2.24, 2.45) is 0 Å². The molecule has 0 N–H and O–H groups in total. The first-order valence-corrected chi connectivity index (χ1v) is 28.7. The summed E-state index contributed by atoms with van der Waals surface area (Å²) >= 11 is 0. The molecule has 0 saturated heterocycles. The molecule has 0 heterocycles. The van der Waals surface area contributed by atoms with Crippen molar-refractivity contribution in [2.45, 2.75) is 19.3 Å². The van der Waals surface area contributed by atoms with E-state index in [1.165, 1.54) is 77.9 Å². The third-order valence-electron chi connectivity index (χ3n) is 16.0. The SMILES string of the molecule is C=C/C=C(\C=C/C)C(=C\c1ccc2c(c1)C1(c3cc(C=C(c4ccccc4)c4ccccc4)ccc3-c3ccc(C=C(c4ccccc4)c4ccccc4)cc31)c1cc(/C=C(C(/C=C\C)=C/C=C)\c3ccccc3)ccc1-2)/c1ccccc1. The highest BCUT2D eigenvalue weighted by Gasteiger charge is 2.52. The van der Waals surface area contributed by atoms with Gasteiger partial charge in [-0.3, -0.25) is 0 Å². The fourth-order valence-corrected chi connectivity index (χ4v) is 12.4. The van der Waals surface area contributed by atoms with Crippen LogP contribution in [0.5, 0.6) is 0 Å². The first-order chi connectivity index (χ1) is 41.0. The molecule has 0 fully saturated rings. The summed E-state index contributed by atoms with van der Waals surface area (Å²) in [5.74, 6) is 0. The topological polar surface area (TPSA) is 0 Å². The Hall–Kier alpha value is -10.4. The van der Waals surface area contributed by atoms with E-state index in [2.05, 4.69) is 343 Å². The molecule has 0 amide bonds. The maximum atomic E-state index is 4.15. The van der Waals surface area contributed by atoms with Gasteiger partial charge in [0, 0.05) is 0 Å². The van der Waals surface area contributed by atoms with Crippen molar-refractivity contribution in [1.29, 1.82) is 0 Å². The average Bonchev–Trinajstić information content (AvgIpc) is 1.63. The van der Waals surface area contributed by atoms with E-state index in [1.54, 1.807) is 0 Å². The number of fused-ring (bicyclic) bond motifs is 10. The molecule has 2 aliphatic carbocycles. The Morgan fingerprint density at radius 2 is 0.554 bits per heavy atom. The summed E-state index contributed by atoms with van der Waals surface area (Å²) in [7, 11) is 0. The van der Waals surface area contributed by atoms with Crippen LogP contribution in [0.25, 0.3) is 68.9 Å². The lowest BCUT2D eigenvalue weighted by atomic mass is 9.69. The minimum Gasteiger partial charge on any atom is -0.0990 e. The van der Waals surface area contributed by atoms with E-state index >= 15 is 0 Å². The first kappa shape index (κ1) is 53.3. The molecule has 0 radical (unpaired) electrons. The summed E-state index contributed by atoms with van der Waals surface area (Å²) in [6.45, 7) is 12.5. The molecule has 0 heteroatoms. The normalized spacial score (nSPS) is 13.3. The molecule has 0 aromatic heterocycles. The van der Waals surface area contributed by atoms with Gasteiger partial charge in [-0.15, -0.1) is 0 Å². The van der Waals surface area contributed by atoms with E-state index in [9.17, 15) is 0 Å². The molecule has 0 nitrogen and oxygen atoms in total. The molecule has 0 unspecified atom stereocenters. The van der Waals surface area contributed by atoms with Crippen molar-refractivity contribution in [2.75, 3.05) is 0 Å². The molecule has 83 heavy (non-hydrogen) atoms. The van der Waals surface area contributed by atoms with Crippen LogP contribution in [0, 0.1) is 0 Å². The molecule has 0 aliphatic heterocycles. The second-order valence-corrected chi connectivity index (χ2v) is 21.1. The summed E-state index contributed by atoms with van der Waals surface area (Å²) in [5.41, 5.74) is 27.3. The van der Waals surface area contributed by atoms with Crippen molar-refractivity contribution < 1.29 is 0 Å². The Morgan fingerprint density at radius 1 is 0.301 bits per heavy atom. The number of hydrogen-bond acceptors (Lipinski definition) is 0. The molecular weight excluding hydrogens is 997 g/mol. The van der Waals surface area contributed by atoms with Crippen molar-refractivity contribution in [1.82, 2.24) is 0 Å². The highest BCUT2D eigenvalue weighted by molar-refractivity contribution is 6.01. The van der Waals surface area contributed by atoms with E-state index in [0.717, 1.165) is 55.7 Å². The van der Waals surface area contributed by atoms with Crippen LogP contribution >= 0.6 is 0 Å². The molecule has 12 rings (SSSR count). The Kier molecular flexibility index (Phi) is 15.5. The molecule has 0 atom stereocenters. The van der Waals surface area contributed by atoms with Gasteiger partial charge in [-0.2, -0.15) is 0 Å². The molecule has 10 aromatic carbocycles. The number of allylic oxidation sites excluding steroid dienone is 12. The fraction of sp³-hybridized carbons (Fsp3) is 0.0361. The van der Waals surface area contributed by atoms with Crippen LogP contribution in [0.1, 0.15) is 91.7 Å². The number of rotatable bonds is 16. The van der Waals surface area contributed by atoms with Gasteiger partial charge < -0.3 is 0 Å². The van der Waals surface area contributed by atoms with E-state index in [-0.39, 0.29) is 0 Å². The van der Waals surface area contributed by atoms with Gasteiger partial charge in [-0.25, -0.2) is 0 Å². The minimum atomic E-state index is -0.762. The van der Waals surface area contributed by atoms with Gasteiger partial charge >= 0.3 is 0 Å². The Balaban J connectivity index is 1.19. The smallest absolute Gasteiger partial charge is 0.0726 e. The van der Waals surface area contributed by atoms with Crippen molar-refractivity contribution in [3.8, 4) is 22.3 Å². The molecule has 1 spiro atoms. The second kappa shape index (κ2) is 24.1. The predicted molar refractivity (Wildman–Crippen MR) is 357 cm³/mol. The molecule has 0 saturated carbocycles. The lowest BCUT2D eigenvalue weighted by Gasteiger charge is -2.31. The summed E-state index contributed by atoms with van der Waals surface area (Å²) in [5, 5.41) is 0. The van der Waals surface area contributed by atoms with Crippen molar-refractivity contribution in [3.63, 3.8) is 0 Å². The van der Waals surface area contributed by atoms with Crippen LogP contribution in [0.4, 0.5) is 0 Å². The van der Waals surface area contributed by atoms with Gasteiger partial charge in [0.2, 0.25) is 0 Å². The van der Waals surface area contributed by atoms with Gasteiger partial charge in [-0.05, 0) is 196 Å². The standard InChI is InChI=1S/C83H64/c1-5-27-63(28-6-2)75(65-31-15-9-16-32-65)51-59-43-47-71-72-48-44-60(52-76(64(29-7-3)30-8-4)66-33-17-10-18-34-66)56-80(72)83(79(71)55-59)81-57-61(53-77(67-35-19-11-20-36-67)68-37-21-12-22-38-68)45-49-73(81)74-50-46-62(58-82(74)83)54-78(69-39-23-13-24-40-69)70-41-25-14-26-42-70/h5-58H,1,3H2,2,4H3/b28-6-,30-8-,63-27+,64-29+,75-51-,76-52+. The highest BCUT2D eigenvalue weighted by Crippen LogP contribution is 2.64. The average molecular weight is 1060 g/mol. The lowest BCUT2D eigenvalue weighted by Crippen LogP contribution is -2.26. The third-order valence-corrected chi connectivity index (χ3v) is 16.0. The predicted octanol–water partition coefficient (Wildman–Crippen LogP) is 21.7. The fourth-order valence-electron chi connectivity index (χ4n) is 12.4. The van der Waals surface area contributed by atoms with E-state index in [0.29, 0.717) is 0 Å². The van der Waals surface area contributed by atoms with Crippen LogP contribution in [0.15, 0.2) is 328 Å². The number of benzene rings is 10. The van der Waals surface area contributed by atoms with Crippen LogP contribution in [0.3, 0.4) is 0 Å². The Bertz CT molecular complexity index is 3920. The van der Waals surface area contributed by atoms with Gasteiger partial charge in [0.05, 0.1) is 5.41 Å². The summed E-state index contributed by atoms with van der Waals surface area (Å²) < 4.78 is 0. The van der Waals surface area contributed by atoms with Crippen LogP contribution in [-0.2, 0) is 5.41 Å². The Labute approximate surface area is 490 Å². The van der Waals surface area contributed by atoms with Crippen LogP contribution < -0.4 is 0 Å². The maximum absolute atomic E-state index is 4.15. The number of hydrogen-bond donors (Lipinski definition) is 0. The highest BCUT2D eigenvalue weighted by atomic mass is 14.5. The van der Waals surface area contributed by atoms with Crippen LogP contribution in [0.2, 0.25) is 0 Å². The lowest BCUT2D eigenvalue weighted by molar-refractivity contribution is 0.792. The Morgan fingerprint density at radius 3 is 0.807 bits per heavy atom. The van der Waals surface area contributed by atoms with E-state index in [1.807, 2.05) is 12.2 Å². The molecule has 2 aliphatic rings. The van der Waals surface area contributed by atoms with E-state index in [4.69, 9.17) is 0 Å². The van der Waals surface area contributed by atoms with Crippen molar-refractivity contribution >= 4 is 46.6 Å². The van der Waals surface area contributed by atoms with Crippen LogP contribution in [-0.4, -0.2) is 0 Å². The van der Waals surface area contributed by atoms with Gasteiger partial charge in [0.1, 0.15) is 0 Å². The summed E-state index contributed by atoms with van der Waals surface area (Å²) in [6.07, 6.45) is 26.1. The van der Waals surface area contributed by atoms with E-state index < -0.39 is 5.41 Å². The monoisotopic (exact) mass is 1060 g/mol.